The van der Waals surface area contributed by atoms with Gasteiger partial charge in [0.1, 0.15) is 0 Å². The van der Waals surface area contributed by atoms with Crippen LogP contribution in [0, 0.1) is 0 Å². The minimum Gasteiger partial charge on any atom is -0.379 e. The first-order valence-corrected chi connectivity index (χ1v) is 11.5. The van der Waals surface area contributed by atoms with Crippen LogP contribution in [-0.2, 0) is 17.1 Å². The zero-order valence-corrected chi connectivity index (χ0v) is 19.3. The van der Waals surface area contributed by atoms with Crippen LogP contribution in [0.3, 0.4) is 0 Å². The van der Waals surface area contributed by atoms with E-state index < -0.39 is 35.0 Å². The molecule has 2 fully saturated rings. The fraction of sp³-hybridized carbons (Fsp3) is 0.458. The van der Waals surface area contributed by atoms with E-state index in [-0.39, 0.29) is 31.1 Å². The molecule has 4 nitrogen and oxygen atoms in total. The monoisotopic (exact) mass is 520 g/mol. The number of carbonyl (C=O) groups excluding carboxylic acids is 1. The van der Waals surface area contributed by atoms with Crippen molar-refractivity contribution < 1.29 is 35.9 Å². The Morgan fingerprint density at radius 3 is 2.09 bits per heavy atom. The van der Waals surface area contributed by atoms with Gasteiger partial charge in [-0.3, -0.25) is 9.69 Å². The number of benzene rings is 2. The fourth-order valence-corrected chi connectivity index (χ4v) is 5.09. The van der Waals surface area contributed by atoms with Crippen LogP contribution in [0.4, 0.5) is 26.3 Å². The maximum absolute atomic E-state index is 13.3. The van der Waals surface area contributed by atoms with Gasteiger partial charge in [-0.1, -0.05) is 29.8 Å². The molecule has 2 unspecified atom stereocenters. The zero-order valence-electron chi connectivity index (χ0n) is 18.5. The van der Waals surface area contributed by atoms with Crippen molar-refractivity contribution in [2.45, 2.75) is 30.7 Å². The topological polar surface area (TPSA) is 32.8 Å². The molecule has 0 radical (unpaired) electrons. The van der Waals surface area contributed by atoms with Crippen molar-refractivity contribution in [3.05, 3.63) is 69.7 Å². The van der Waals surface area contributed by atoms with Gasteiger partial charge in [-0.2, -0.15) is 26.3 Å². The summed E-state index contributed by atoms with van der Waals surface area (Å²) in [4.78, 5) is 16.8. The van der Waals surface area contributed by atoms with E-state index in [4.69, 9.17) is 16.3 Å². The molecule has 2 aliphatic rings. The van der Waals surface area contributed by atoms with E-state index >= 15 is 0 Å². The Labute approximate surface area is 203 Å². The molecule has 0 aliphatic carbocycles. The van der Waals surface area contributed by atoms with E-state index in [1.165, 1.54) is 4.90 Å². The highest BCUT2D eigenvalue weighted by Gasteiger charge is 2.40. The molecular formula is C24H23ClF6N2O2. The molecule has 190 valence electrons. The number of hydrogen-bond donors (Lipinski definition) is 0. The van der Waals surface area contributed by atoms with E-state index in [1.807, 2.05) is 6.07 Å². The molecule has 0 spiro atoms. The van der Waals surface area contributed by atoms with Crippen molar-refractivity contribution in [1.82, 2.24) is 9.80 Å². The van der Waals surface area contributed by atoms with E-state index in [0.29, 0.717) is 49.9 Å². The number of halogens is 7. The van der Waals surface area contributed by atoms with E-state index in [0.717, 1.165) is 5.56 Å². The van der Waals surface area contributed by atoms with Crippen molar-refractivity contribution in [3.63, 3.8) is 0 Å². The second-order valence-electron chi connectivity index (χ2n) is 8.68. The summed E-state index contributed by atoms with van der Waals surface area (Å²) in [6.07, 6.45) is -9.56. The summed E-state index contributed by atoms with van der Waals surface area (Å²) in [6, 6.07) is 8.11. The van der Waals surface area contributed by atoms with Gasteiger partial charge < -0.3 is 9.64 Å². The molecule has 0 bridgehead atoms. The summed E-state index contributed by atoms with van der Waals surface area (Å²) < 4.78 is 85.3. The van der Waals surface area contributed by atoms with Crippen LogP contribution in [0.25, 0.3) is 0 Å². The number of piperidine rings is 1. The lowest BCUT2D eigenvalue weighted by molar-refractivity contribution is -0.143. The van der Waals surface area contributed by atoms with Gasteiger partial charge in [0.15, 0.2) is 0 Å². The summed E-state index contributed by atoms with van der Waals surface area (Å²) in [5.41, 5.74) is -2.89. The molecule has 1 amide bonds. The summed E-state index contributed by atoms with van der Waals surface area (Å²) in [7, 11) is 0. The number of carbonyl (C=O) groups is 1. The summed E-state index contributed by atoms with van der Waals surface area (Å²) in [5.74, 6) is -1.15. The number of hydrogen-bond acceptors (Lipinski definition) is 3. The van der Waals surface area contributed by atoms with Gasteiger partial charge in [0, 0.05) is 48.7 Å². The van der Waals surface area contributed by atoms with Crippen LogP contribution in [-0.4, -0.2) is 61.1 Å². The van der Waals surface area contributed by atoms with Crippen molar-refractivity contribution in [2.75, 3.05) is 39.4 Å². The van der Waals surface area contributed by atoms with E-state index in [2.05, 4.69) is 4.90 Å². The summed E-state index contributed by atoms with van der Waals surface area (Å²) in [5, 5.41) is 0.489. The van der Waals surface area contributed by atoms with Crippen LogP contribution in [0.5, 0.6) is 0 Å². The van der Waals surface area contributed by atoms with Gasteiger partial charge in [0.05, 0.1) is 24.3 Å². The maximum atomic E-state index is 13.3. The Hall–Kier alpha value is -2.30. The third kappa shape index (κ3) is 5.76. The number of rotatable bonds is 3. The Morgan fingerprint density at radius 2 is 1.51 bits per heavy atom. The van der Waals surface area contributed by atoms with E-state index in [1.54, 1.807) is 18.2 Å². The normalized spacial score (nSPS) is 22.3. The smallest absolute Gasteiger partial charge is 0.379 e. The molecule has 0 aromatic heterocycles. The van der Waals surface area contributed by atoms with Gasteiger partial charge in [0.2, 0.25) is 0 Å². The predicted octanol–water partition coefficient (Wildman–Crippen LogP) is 5.71. The number of alkyl halides is 6. The Balaban J connectivity index is 1.67. The quantitative estimate of drug-likeness (QED) is 0.486. The first kappa shape index (κ1) is 25.8. The van der Waals surface area contributed by atoms with Crippen LogP contribution in [0.2, 0.25) is 5.02 Å². The lowest BCUT2D eigenvalue weighted by Crippen LogP contribution is -2.54. The van der Waals surface area contributed by atoms with Crippen molar-refractivity contribution in [1.29, 1.82) is 0 Å². The first-order valence-electron chi connectivity index (χ1n) is 11.1. The summed E-state index contributed by atoms with van der Waals surface area (Å²) in [6.45, 7) is 2.78. The van der Waals surface area contributed by atoms with Gasteiger partial charge >= 0.3 is 12.4 Å². The molecule has 0 N–H and O–H groups in total. The maximum Gasteiger partial charge on any atom is 0.416 e. The van der Waals surface area contributed by atoms with E-state index in [9.17, 15) is 31.1 Å². The Bertz CT molecular complexity index is 1040. The average molecular weight is 521 g/mol. The Morgan fingerprint density at radius 1 is 0.914 bits per heavy atom. The standard InChI is InChI=1S/C24H23ClF6N2O2/c25-20-4-2-1-3-18(20)19-14-33(6-5-21(19)32-7-9-35-10-8-32)22(34)15-11-16(23(26,27)28)13-17(12-15)24(29,30)31/h1-4,11-13,19,21H,5-10,14H2. The highest BCUT2D eigenvalue weighted by Crippen LogP contribution is 2.38. The van der Waals surface area contributed by atoms with Gasteiger partial charge in [-0.25, -0.2) is 0 Å². The van der Waals surface area contributed by atoms with Crippen LogP contribution in [0.15, 0.2) is 42.5 Å². The van der Waals surface area contributed by atoms with Crippen LogP contribution < -0.4 is 0 Å². The van der Waals surface area contributed by atoms with Gasteiger partial charge in [0.25, 0.3) is 5.91 Å². The SMILES string of the molecule is O=C(c1cc(C(F)(F)F)cc(C(F)(F)F)c1)N1CCC(N2CCOCC2)C(c2ccccc2Cl)C1. The van der Waals surface area contributed by atoms with Gasteiger partial charge in [-0.05, 0) is 36.2 Å². The van der Waals surface area contributed by atoms with Crippen molar-refractivity contribution in [3.8, 4) is 0 Å². The molecule has 4 rings (SSSR count). The molecule has 2 saturated heterocycles. The van der Waals surface area contributed by atoms with Crippen molar-refractivity contribution in [2.24, 2.45) is 0 Å². The zero-order chi connectivity index (χ0) is 25.4. The molecule has 2 heterocycles. The molecule has 11 heteroatoms. The highest BCUT2D eigenvalue weighted by molar-refractivity contribution is 6.31. The summed E-state index contributed by atoms with van der Waals surface area (Å²) >= 11 is 6.45. The van der Waals surface area contributed by atoms with Crippen molar-refractivity contribution >= 4 is 17.5 Å². The number of likely N-dealkylation sites (tertiary alicyclic amines) is 1. The molecular weight excluding hydrogens is 498 g/mol. The number of nitrogens with zero attached hydrogens (tertiary/aromatic N) is 2. The second-order valence-corrected chi connectivity index (χ2v) is 9.09. The molecule has 2 aromatic carbocycles. The molecule has 35 heavy (non-hydrogen) atoms. The number of amides is 1. The number of ether oxygens (including phenoxy) is 1. The Kier molecular flexibility index (Phi) is 7.36. The second kappa shape index (κ2) is 9.99. The highest BCUT2D eigenvalue weighted by atomic mass is 35.5. The third-order valence-electron chi connectivity index (χ3n) is 6.52. The predicted molar refractivity (Wildman–Crippen MR) is 117 cm³/mol. The molecule has 2 aliphatic heterocycles. The number of morpholine rings is 1. The first-order chi connectivity index (χ1) is 16.4. The minimum absolute atomic E-state index is 0.00454. The lowest BCUT2D eigenvalue weighted by Gasteiger charge is -2.45. The largest absolute Gasteiger partial charge is 0.416 e. The van der Waals surface area contributed by atoms with Crippen LogP contribution in [0.1, 0.15) is 39.4 Å². The molecule has 2 atom stereocenters. The average Bonchev–Trinajstić information content (AvgIpc) is 2.83. The lowest BCUT2D eigenvalue weighted by atomic mass is 9.84. The third-order valence-corrected chi connectivity index (χ3v) is 6.86. The fourth-order valence-electron chi connectivity index (χ4n) is 4.81. The minimum atomic E-state index is -5.03. The van der Waals surface area contributed by atoms with Crippen LogP contribution >= 0.6 is 11.6 Å². The molecule has 2 aromatic rings. The molecule has 0 saturated carbocycles. The van der Waals surface area contributed by atoms with Gasteiger partial charge in [-0.15, -0.1) is 0 Å².